The summed E-state index contributed by atoms with van der Waals surface area (Å²) in [5.41, 5.74) is 1.48. The predicted octanol–water partition coefficient (Wildman–Crippen LogP) is 4.55. The van der Waals surface area contributed by atoms with Crippen molar-refractivity contribution in [3.05, 3.63) is 114 Å². The number of nitrogens with one attached hydrogen (secondary N) is 1. The van der Waals surface area contributed by atoms with Gasteiger partial charge in [-0.25, -0.2) is 43.9 Å². The summed E-state index contributed by atoms with van der Waals surface area (Å²) in [6.07, 6.45) is 11.5. The van der Waals surface area contributed by atoms with Gasteiger partial charge in [0.25, 0.3) is 0 Å². The summed E-state index contributed by atoms with van der Waals surface area (Å²) in [7, 11) is 0.858. The Morgan fingerprint density at radius 1 is 0.645 bits per heavy atom. The van der Waals surface area contributed by atoms with Gasteiger partial charge in [0.1, 0.15) is 27.7 Å². The van der Waals surface area contributed by atoms with Crippen LogP contribution in [0.25, 0.3) is 22.8 Å². The molecule has 4 N–H and O–H groups in total. The highest BCUT2D eigenvalue weighted by Gasteiger charge is 2.24. The molecule has 0 amide bonds. The van der Waals surface area contributed by atoms with Crippen LogP contribution in [0, 0.1) is 0 Å². The molecule has 326 valence electrons. The first-order chi connectivity index (χ1) is 29.1. The zero-order valence-electron chi connectivity index (χ0n) is 34.7. The van der Waals surface area contributed by atoms with Crippen LogP contribution in [0.1, 0.15) is 73.0 Å². The number of halogens is 1. The molecule has 6 heterocycles. The van der Waals surface area contributed by atoms with Gasteiger partial charge in [-0.2, -0.15) is 0 Å². The summed E-state index contributed by atoms with van der Waals surface area (Å²) in [5, 5.41) is 26.8. The van der Waals surface area contributed by atoms with Crippen LogP contribution < -0.4 is 5.59 Å². The molecule has 0 fully saturated rings. The minimum absolute atomic E-state index is 0.0553. The summed E-state index contributed by atoms with van der Waals surface area (Å²) in [5.74, 6) is -2.16. The Bertz CT molecular complexity index is 2390. The quantitative estimate of drug-likeness (QED) is 0.101. The monoisotopic (exact) mass is 875 g/mol. The van der Waals surface area contributed by atoms with E-state index in [1.165, 1.54) is 68.2 Å². The Labute approximate surface area is 359 Å². The number of H-pyrrole nitrogens is 1. The number of methoxy groups -OCH3 is 2. The fraction of sp³-hybridized carbons (Fsp3) is 0.256. The molecular weight excluding hydrogens is 833 g/mol. The van der Waals surface area contributed by atoms with E-state index in [1.54, 1.807) is 72.1 Å². The molecule has 0 atom stereocenters. The van der Waals surface area contributed by atoms with Crippen molar-refractivity contribution in [2.45, 2.75) is 52.7 Å². The van der Waals surface area contributed by atoms with Gasteiger partial charge in [-0.1, -0.05) is 11.6 Å². The number of nitrogens with zero attached hydrogens (tertiary/aromatic N) is 8. The molecule has 6 aromatic rings. The van der Waals surface area contributed by atoms with Gasteiger partial charge in [-0.15, -0.1) is 0 Å². The average Bonchev–Trinajstić information content (AvgIpc) is 4.04. The maximum atomic E-state index is 12.2. The van der Waals surface area contributed by atoms with Crippen molar-refractivity contribution in [3.63, 3.8) is 0 Å². The Balaban J connectivity index is 0.000000228. The van der Waals surface area contributed by atoms with Crippen LogP contribution in [0.3, 0.4) is 0 Å². The highest BCUT2D eigenvalue weighted by molar-refractivity contribution is 6.58. The number of ether oxygens (including phenoxy) is 4. The molecule has 0 aromatic carbocycles. The number of esters is 2. The summed E-state index contributed by atoms with van der Waals surface area (Å²) < 4.78 is 21.8. The number of carboxylic acid groups (broad SMARTS) is 1. The number of carbonyl (C=O) groups excluding carboxylic acids is 4. The van der Waals surface area contributed by atoms with Crippen LogP contribution in [0.2, 0.25) is 5.15 Å². The molecule has 0 aliphatic rings. The van der Waals surface area contributed by atoms with Crippen LogP contribution in [-0.4, -0.2) is 122 Å². The van der Waals surface area contributed by atoms with E-state index in [1.807, 2.05) is 12.1 Å². The van der Waals surface area contributed by atoms with Crippen molar-refractivity contribution in [1.82, 2.24) is 44.0 Å². The summed E-state index contributed by atoms with van der Waals surface area (Å²) >= 11 is 5.43. The van der Waals surface area contributed by atoms with E-state index in [2.05, 4.69) is 44.4 Å². The predicted molar refractivity (Wildman–Crippen MR) is 221 cm³/mol. The molecule has 6 rings (SSSR count). The summed E-state index contributed by atoms with van der Waals surface area (Å²) in [6, 6.07) is 10.1. The van der Waals surface area contributed by atoms with Gasteiger partial charge in [-0.05, 0) is 77.9 Å². The zero-order valence-corrected chi connectivity index (χ0v) is 35.5. The normalized spacial score (nSPS) is 10.6. The van der Waals surface area contributed by atoms with E-state index in [9.17, 15) is 24.0 Å². The van der Waals surface area contributed by atoms with E-state index in [-0.39, 0.29) is 27.8 Å². The SMILES string of the molecule is CC(C)(C)OC(=O)n1cccc1B(O)O.COC(=O)c1cnc(-c2cccn2C(=O)OC(C)(C)C)cn1.COC(=O)c1cnc(Cl)cn1.O=C(O)c1cnc(-c2ccc[nH]2)cn1. The molecule has 0 aliphatic carbocycles. The Morgan fingerprint density at radius 2 is 1.15 bits per heavy atom. The van der Waals surface area contributed by atoms with E-state index >= 15 is 0 Å². The second-order valence-electron chi connectivity index (χ2n) is 14.1. The molecule has 0 bridgehead atoms. The molecule has 0 radical (unpaired) electrons. The first-order valence-electron chi connectivity index (χ1n) is 18.0. The van der Waals surface area contributed by atoms with Gasteiger partial charge in [0.05, 0.1) is 68.4 Å². The third-order valence-electron chi connectivity index (χ3n) is 7.04. The minimum atomic E-state index is -1.69. The van der Waals surface area contributed by atoms with E-state index in [0.717, 1.165) is 10.3 Å². The Kier molecular flexibility index (Phi) is 17.7. The lowest BCUT2D eigenvalue weighted by molar-refractivity contribution is 0.0529. The first kappa shape index (κ1) is 49.1. The van der Waals surface area contributed by atoms with Crippen LogP contribution in [0.5, 0.6) is 0 Å². The fourth-order valence-electron chi connectivity index (χ4n) is 4.40. The second kappa shape index (κ2) is 22.3. The number of hydrogen-bond donors (Lipinski definition) is 4. The number of aromatic amines is 1. The third kappa shape index (κ3) is 15.4. The molecule has 62 heavy (non-hydrogen) atoms. The van der Waals surface area contributed by atoms with E-state index in [4.69, 9.17) is 36.2 Å². The number of carboxylic acids is 1. The molecular formula is C39H43BClN9O12. The maximum Gasteiger partial charge on any atom is 0.506 e. The molecule has 21 nitrogen and oxygen atoms in total. The van der Waals surface area contributed by atoms with Crippen molar-refractivity contribution < 1.29 is 58.1 Å². The number of hydrogen-bond acceptors (Lipinski definition) is 17. The molecule has 0 unspecified atom stereocenters. The lowest BCUT2D eigenvalue weighted by atomic mass is 9.86. The van der Waals surface area contributed by atoms with Crippen LogP contribution in [-0.2, 0) is 18.9 Å². The zero-order chi connectivity index (χ0) is 46.2. The number of aromatic carboxylic acids is 1. The number of rotatable bonds is 6. The third-order valence-corrected chi connectivity index (χ3v) is 7.24. The smallest absolute Gasteiger partial charge is 0.476 e. The fourth-order valence-corrected chi connectivity index (χ4v) is 4.50. The number of aromatic nitrogens is 9. The molecule has 0 aliphatic heterocycles. The van der Waals surface area contributed by atoms with Crippen molar-refractivity contribution in [1.29, 1.82) is 0 Å². The second-order valence-corrected chi connectivity index (χ2v) is 14.5. The largest absolute Gasteiger partial charge is 0.506 e. The highest BCUT2D eigenvalue weighted by atomic mass is 35.5. The van der Waals surface area contributed by atoms with Crippen molar-refractivity contribution in [2.24, 2.45) is 0 Å². The van der Waals surface area contributed by atoms with E-state index in [0.29, 0.717) is 17.1 Å². The van der Waals surface area contributed by atoms with E-state index < -0.39 is 48.4 Å². The minimum Gasteiger partial charge on any atom is -0.476 e. The molecule has 23 heteroatoms. The topological polar surface area (TPSA) is 286 Å². The molecule has 0 saturated heterocycles. The molecule has 0 saturated carbocycles. The van der Waals surface area contributed by atoms with Gasteiger partial charge in [0.2, 0.25) is 0 Å². The van der Waals surface area contributed by atoms with Gasteiger partial charge in [0.15, 0.2) is 17.1 Å². The average molecular weight is 876 g/mol. The van der Waals surface area contributed by atoms with Crippen LogP contribution in [0.4, 0.5) is 9.59 Å². The van der Waals surface area contributed by atoms with Gasteiger partial charge >= 0.3 is 37.2 Å². The van der Waals surface area contributed by atoms with Crippen molar-refractivity contribution in [2.75, 3.05) is 14.2 Å². The molecule has 6 aromatic heterocycles. The standard InChI is InChI=1S/C15H17N3O4.C9H14BNO4.C9H7N3O2.C6H5ClN2O2/c1-15(2,3)22-14(20)18-7-5-6-12(18)10-8-17-11(9-16-10)13(19)21-4;1-9(2,3)15-8(12)11-6-4-5-7(11)10(13)14;13-9(14)8-5-11-7(4-12-8)6-2-1-3-10-6;1-11-6(10)4-2-9-5(7)3-8-4/h5-9H,1-4H3;4-6,13-14H,1-3H3;1-5,10H,(H,13,14);2-3H,1H3. The van der Waals surface area contributed by atoms with Crippen LogP contribution in [0.15, 0.2) is 92.2 Å². The lowest BCUT2D eigenvalue weighted by Gasteiger charge is -2.20. The lowest BCUT2D eigenvalue weighted by Crippen LogP contribution is -2.40. The van der Waals surface area contributed by atoms with Gasteiger partial charge in [-0.3, -0.25) is 19.1 Å². The summed E-state index contributed by atoms with van der Waals surface area (Å²) in [6.45, 7) is 10.6. The maximum absolute atomic E-state index is 12.2. The Morgan fingerprint density at radius 3 is 1.60 bits per heavy atom. The van der Waals surface area contributed by atoms with Crippen molar-refractivity contribution >= 4 is 54.4 Å². The van der Waals surface area contributed by atoms with Gasteiger partial charge in [0, 0.05) is 18.6 Å². The Hall–Kier alpha value is -7.30. The van der Waals surface area contributed by atoms with Crippen molar-refractivity contribution in [3.8, 4) is 22.8 Å². The van der Waals surface area contributed by atoms with Crippen LogP contribution >= 0.6 is 11.6 Å². The first-order valence-corrected chi connectivity index (χ1v) is 18.3. The number of carbonyl (C=O) groups is 5. The van der Waals surface area contributed by atoms with Gasteiger partial charge < -0.3 is 39.1 Å². The molecule has 0 spiro atoms. The summed E-state index contributed by atoms with van der Waals surface area (Å²) in [4.78, 5) is 82.4. The highest BCUT2D eigenvalue weighted by Crippen LogP contribution is 2.19.